The normalized spacial score (nSPS) is 10.3. The Morgan fingerprint density at radius 1 is 0.778 bits per heavy atom. The van der Waals surface area contributed by atoms with Gasteiger partial charge in [0.15, 0.2) is 5.75 Å². The third-order valence-electron chi connectivity index (χ3n) is 4.49. The Balaban J connectivity index is 1.77. The van der Waals surface area contributed by atoms with Crippen molar-refractivity contribution in [2.24, 2.45) is 0 Å². The molecule has 0 aliphatic rings. The molecule has 0 saturated heterocycles. The summed E-state index contributed by atoms with van der Waals surface area (Å²) < 4.78 is 5.68. The molecule has 27 heavy (non-hydrogen) atoms. The third kappa shape index (κ3) is 8.73. The largest absolute Gasteiger partial charge is 0.490 e. The van der Waals surface area contributed by atoms with Gasteiger partial charge in [-0.2, -0.15) is 0 Å². The minimum atomic E-state index is 0.525. The molecule has 3 nitrogen and oxygen atoms in total. The third-order valence-corrected chi connectivity index (χ3v) is 4.49. The van der Waals surface area contributed by atoms with Crippen molar-refractivity contribution in [1.82, 2.24) is 9.97 Å². The highest BCUT2D eigenvalue weighted by Crippen LogP contribution is 2.10. The van der Waals surface area contributed by atoms with Crippen LogP contribution in [-0.4, -0.2) is 16.6 Å². The van der Waals surface area contributed by atoms with Crippen LogP contribution in [0.15, 0.2) is 36.7 Å². The molecule has 0 spiro atoms. The molecular formula is C24H32N2O. The molecule has 0 aliphatic heterocycles. The Morgan fingerprint density at radius 2 is 1.44 bits per heavy atom. The van der Waals surface area contributed by atoms with E-state index in [1.807, 2.05) is 0 Å². The first-order valence-corrected chi connectivity index (χ1v) is 10.4. The van der Waals surface area contributed by atoms with Crippen LogP contribution in [0.2, 0.25) is 0 Å². The van der Waals surface area contributed by atoms with Crippen molar-refractivity contribution in [1.29, 1.82) is 0 Å². The van der Waals surface area contributed by atoms with Crippen molar-refractivity contribution >= 4 is 0 Å². The van der Waals surface area contributed by atoms with Gasteiger partial charge in [-0.15, -0.1) is 0 Å². The number of benzene rings is 1. The summed E-state index contributed by atoms with van der Waals surface area (Å²) in [6.07, 6.45) is 14.5. The van der Waals surface area contributed by atoms with Crippen LogP contribution in [0.25, 0.3) is 0 Å². The van der Waals surface area contributed by atoms with Gasteiger partial charge in [-0.05, 0) is 42.9 Å². The highest BCUT2D eigenvalue weighted by atomic mass is 16.5. The Kier molecular flexibility index (Phi) is 10.0. The summed E-state index contributed by atoms with van der Waals surface area (Å²) in [5.74, 6) is 7.39. The first-order valence-electron chi connectivity index (χ1n) is 10.4. The van der Waals surface area contributed by atoms with Crippen LogP contribution in [-0.2, 0) is 6.42 Å². The van der Waals surface area contributed by atoms with E-state index in [0.717, 1.165) is 25.0 Å². The van der Waals surface area contributed by atoms with Crippen molar-refractivity contribution in [3.63, 3.8) is 0 Å². The molecule has 0 amide bonds. The molecule has 0 N–H and O–H groups in total. The second-order valence-corrected chi connectivity index (χ2v) is 6.91. The van der Waals surface area contributed by atoms with Gasteiger partial charge < -0.3 is 4.74 Å². The predicted octanol–water partition coefficient (Wildman–Crippen LogP) is 5.96. The fourth-order valence-corrected chi connectivity index (χ4v) is 2.81. The summed E-state index contributed by atoms with van der Waals surface area (Å²) in [5.41, 5.74) is 2.37. The van der Waals surface area contributed by atoms with Crippen LogP contribution in [0.3, 0.4) is 0 Å². The van der Waals surface area contributed by atoms with Gasteiger partial charge in [0.05, 0.1) is 19.0 Å². The first kappa shape index (κ1) is 21.0. The summed E-state index contributed by atoms with van der Waals surface area (Å²) >= 11 is 0. The van der Waals surface area contributed by atoms with Gasteiger partial charge in [0.1, 0.15) is 0 Å². The standard InChI is InChI=1S/C24H32N2O/c1-3-5-7-8-10-18-27-23-19-25-24(26-20-23)17-16-22-14-12-21(13-15-22)11-9-6-4-2/h12-15,19-20H,3-11,18H2,1-2H3. The first-order chi connectivity index (χ1) is 13.3. The van der Waals surface area contributed by atoms with Crippen molar-refractivity contribution in [2.75, 3.05) is 6.61 Å². The van der Waals surface area contributed by atoms with Gasteiger partial charge >= 0.3 is 0 Å². The fourth-order valence-electron chi connectivity index (χ4n) is 2.81. The van der Waals surface area contributed by atoms with Gasteiger partial charge in [0.25, 0.3) is 0 Å². The van der Waals surface area contributed by atoms with Crippen LogP contribution in [0.5, 0.6) is 5.75 Å². The maximum atomic E-state index is 5.68. The molecule has 0 bridgehead atoms. The van der Waals surface area contributed by atoms with Crippen LogP contribution >= 0.6 is 0 Å². The Bertz CT molecular complexity index is 696. The molecule has 0 atom stereocenters. The quantitative estimate of drug-likeness (QED) is 0.364. The number of aromatic nitrogens is 2. The number of aryl methyl sites for hydroxylation is 1. The van der Waals surface area contributed by atoms with E-state index in [1.165, 1.54) is 50.5 Å². The van der Waals surface area contributed by atoms with E-state index < -0.39 is 0 Å². The van der Waals surface area contributed by atoms with Crippen LogP contribution < -0.4 is 4.74 Å². The number of hydrogen-bond acceptors (Lipinski definition) is 3. The number of hydrogen-bond donors (Lipinski definition) is 0. The monoisotopic (exact) mass is 364 g/mol. The van der Waals surface area contributed by atoms with Gasteiger partial charge in [-0.1, -0.05) is 70.4 Å². The summed E-state index contributed by atoms with van der Waals surface area (Å²) in [6, 6.07) is 8.48. The highest BCUT2D eigenvalue weighted by Gasteiger charge is 1.97. The molecule has 0 unspecified atom stereocenters. The van der Waals surface area contributed by atoms with Gasteiger partial charge in [-0.3, -0.25) is 0 Å². The second-order valence-electron chi connectivity index (χ2n) is 6.91. The van der Waals surface area contributed by atoms with E-state index in [2.05, 4.69) is 59.9 Å². The van der Waals surface area contributed by atoms with Crippen LogP contribution in [0.1, 0.15) is 82.2 Å². The van der Waals surface area contributed by atoms with Crippen LogP contribution in [0.4, 0.5) is 0 Å². The molecule has 2 rings (SSSR count). The maximum Gasteiger partial charge on any atom is 0.205 e. The molecule has 0 aliphatic carbocycles. The average molecular weight is 365 g/mol. The second kappa shape index (κ2) is 12.9. The summed E-state index contributed by atoms with van der Waals surface area (Å²) in [7, 11) is 0. The molecule has 2 aromatic rings. The minimum Gasteiger partial charge on any atom is -0.490 e. The lowest BCUT2D eigenvalue weighted by Crippen LogP contribution is -1.99. The lowest BCUT2D eigenvalue weighted by Gasteiger charge is -2.04. The van der Waals surface area contributed by atoms with E-state index in [0.29, 0.717) is 11.6 Å². The molecule has 0 radical (unpaired) electrons. The number of ether oxygens (including phenoxy) is 1. The predicted molar refractivity (Wildman–Crippen MR) is 112 cm³/mol. The van der Waals surface area contributed by atoms with Gasteiger partial charge in [-0.25, -0.2) is 9.97 Å². The number of unbranched alkanes of at least 4 members (excludes halogenated alkanes) is 6. The molecule has 1 aromatic carbocycles. The zero-order chi connectivity index (χ0) is 19.2. The Hall–Kier alpha value is -2.34. The fraction of sp³-hybridized carbons (Fsp3) is 0.500. The lowest BCUT2D eigenvalue weighted by atomic mass is 10.1. The number of rotatable bonds is 11. The molecule has 1 heterocycles. The molecule has 3 heteroatoms. The zero-order valence-corrected chi connectivity index (χ0v) is 16.8. The van der Waals surface area contributed by atoms with Crippen molar-refractivity contribution in [3.8, 4) is 17.6 Å². The Labute approximate surface area is 164 Å². The molecule has 1 aromatic heterocycles. The smallest absolute Gasteiger partial charge is 0.205 e. The zero-order valence-electron chi connectivity index (χ0n) is 16.8. The molecular weight excluding hydrogens is 332 g/mol. The molecule has 144 valence electrons. The van der Waals surface area contributed by atoms with E-state index in [9.17, 15) is 0 Å². The van der Waals surface area contributed by atoms with Crippen molar-refractivity contribution in [2.45, 2.75) is 71.6 Å². The summed E-state index contributed by atoms with van der Waals surface area (Å²) in [4.78, 5) is 8.56. The Morgan fingerprint density at radius 3 is 2.15 bits per heavy atom. The minimum absolute atomic E-state index is 0.525. The summed E-state index contributed by atoms with van der Waals surface area (Å²) in [5, 5.41) is 0. The van der Waals surface area contributed by atoms with Gasteiger partial charge in [0.2, 0.25) is 5.82 Å². The van der Waals surface area contributed by atoms with Gasteiger partial charge in [0, 0.05) is 5.56 Å². The van der Waals surface area contributed by atoms with Crippen molar-refractivity contribution < 1.29 is 4.74 Å². The highest BCUT2D eigenvalue weighted by molar-refractivity contribution is 5.39. The van der Waals surface area contributed by atoms with Crippen molar-refractivity contribution in [3.05, 3.63) is 53.6 Å². The van der Waals surface area contributed by atoms with E-state index in [4.69, 9.17) is 4.74 Å². The average Bonchev–Trinajstić information content (AvgIpc) is 2.71. The molecule has 0 fully saturated rings. The number of nitrogens with zero attached hydrogens (tertiary/aromatic N) is 2. The lowest BCUT2D eigenvalue weighted by molar-refractivity contribution is 0.302. The van der Waals surface area contributed by atoms with Crippen LogP contribution in [0, 0.1) is 11.8 Å². The topological polar surface area (TPSA) is 35.0 Å². The van der Waals surface area contributed by atoms with E-state index in [-0.39, 0.29) is 0 Å². The van der Waals surface area contributed by atoms with E-state index >= 15 is 0 Å². The maximum absolute atomic E-state index is 5.68. The van der Waals surface area contributed by atoms with E-state index in [1.54, 1.807) is 12.4 Å². The summed E-state index contributed by atoms with van der Waals surface area (Å²) in [6.45, 7) is 5.18. The SMILES string of the molecule is CCCCCCCOc1cnc(C#Cc2ccc(CCCCC)cc2)nc1. The molecule has 0 saturated carbocycles.